The Kier molecular flexibility index (Phi) is 6.23. The molecule has 1 fully saturated rings. The molecule has 1 heterocycles. The Morgan fingerprint density at radius 3 is 2.42 bits per heavy atom. The molecule has 7 heteroatoms. The van der Waals surface area contributed by atoms with Crippen LogP contribution in [-0.4, -0.2) is 56.4 Å². The fourth-order valence-corrected chi connectivity index (χ4v) is 4.07. The molecule has 2 amide bonds. The third-order valence-corrected chi connectivity index (χ3v) is 5.98. The van der Waals surface area contributed by atoms with E-state index in [4.69, 9.17) is 0 Å². The Balaban J connectivity index is 2.02. The van der Waals surface area contributed by atoms with E-state index in [1.165, 1.54) is 4.31 Å². The molecule has 0 atom stereocenters. The molecule has 1 saturated heterocycles. The minimum atomic E-state index is -3.50. The molecular formula is C17H27N3O3S. The number of rotatable bonds is 4. The van der Waals surface area contributed by atoms with Crippen LogP contribution in [0, 0.1) is 12.8 Å². The summed E-state index contributed by atoms with van der Waals surface area (Å²) in [6, 6.07) is 6.77. The summed E-state index contributed by atoms with van der Waals surface area (Å²) in [7, 11) is -3.50. The van der Waals surface area contributed by atoms with Gasteiger partial charge in [-0.25, -0.2) is 13.2 Å². The number of nitrogens with one attached hydrogen (secondary N) is 1. The molecule has 1 aromatic carbocycles. The summed E-state index contributed by atoms with van der Waals surface area (Å²) in [5, 5.41) is 2.89. The second-order valence-corrected chi connectivity index (χ2v) is 8.58. The van der Waals surface area contributed by atoms with Gasteiger partial charge in [-0.1, -0.05) is 31.5 Å². The van der Waals surface area contributed by atoms with Gasteiger partial charge in [0.25, 0.3) is 0 Å². The van der Waals surface area contributed by atoms with Gasteiger partial charge in [0.15, 0.2) is 0 Å². The van der Waals surface area contributed by atoms with Crippen LogP contribution in [0.2, 0.25) is 0 Å². The Labute approximate surface area is 144 Å². The maximum atomic E-state index is 12.7. The zero-order valence-corrected chi connectivity index (χ0v) is 15.5. The predicted octanol–water partition coefficient (Wildman–Crippen LogP) is 2.06. The van der Waals surface area contributed by atoms with Gasteiger partial charge in [-0.05, 0) is 31.4 Å². The number of carbonyl (C=O) groups excluding carboxylic acids is 1. The number of sulfonamides is 1. The maximum Gasteiger partial charge on any atom is 0.317 e. The first-order valence-corrected chi connectivity index (χ1v) is 9.84. The lowest BCUT2D eigenvalue weighted by Crippen LogP contribution is -2.43. The summed E-state index contributed by atoms with van der Waals surface area (Å²) >= 11 is 0. The van der Waals surface area contributed by atoms with Crippen molar-refractivity contribution in [2.75, 3.05) is 32.7 Å². The first-order valence-electron chi connectivity index (χ1n) is 8.40. The fraction of sp³-hybridized carbons (Fsp3) is 0.588. The molecule has 1 aliphatic rings. The number of amides is 2. The normalized spacial score (nSPS) is 16.9. The highest BCUT2D eigenvalue weighted by molar-refractivity contribution is 7.89. The molecule has 24 heavy (non-hydrogen) atoms. The largest absolute Gasteiger partial charge is 0.338 e. The minimum Gasteiger partial charge on any atom is -0.338 e. The van der Waals surface area contributed by atoms with Gasteiger partial charge in [-0.15, -0.1) is 0 Å². The predicted molar refractivity (Wildman–Crippen MR) is 94.4 cm³/mol. The summed E-state index contributed by atoms with van der Waals surface area (Å²) in [4.78, 5) is 14.2. The van der Waals surface area contributed by atoms with E-state index in [0.717, 1.165) is 5.56 Å². The van der Waals surface area contributed by atoms with Crippen molar-refractivity contribution in [2.24, 2.45) is 5.92 Å². The molecule has 6 nitrogen and oxygen atoms in total. The first-order chi connectivity index (χ1) is 11.3. The van der Waals surface area contributed by atoms with E-state index < -0.39 is 10.0 Å². The molecular weight excluding hydrogens is 326 g/mol. The van der Waals surface area contributed by atoms with E-state index in [2.05, 4.69) is 5.32 Å². The number of hydrogen-bond acceptors (Lipinski definition) is 3. The van der Waals surface area contributed by atoms with E-state index in [9.17, 15) is 13.2 Å². The van der Waals surface area contributed by atoms with Crippen LogP contribution in [-0.2, 0) is 10.0 Å². The number of hydrogen-bond donors (Lipinski definition) is 1. The van der Waals surface area contributed by atoms with Crippen LogP contribution in [0.15, 0.2) is 29.2 Å². The molecule has 0 radical (unpaired) electrons. The van der Waals surface area contributed by atoms with Crippen molar-refractivity contribution in [2.45, 2.75) is 32.1 Å². The number of urea groups is 1. The maximum absolute atomic E-state index is 12.7. The van der Waals surface area contributed by atoms with E-state index in [-0.39, 0.29) is 6.03 Å². The summed E-state index contributed by atoms with van der Waals surface area (Å²) < 4.78 is 27.0. The molecule has 0 unspecified atom stereocenters. The molecule has 0 aromatic heterocycles. The van der Waals surface area contributed by atoms with Crippen LogP contribution in [0.1, 0.15) is 25.8 Å². The average Bonchev–Trinajstić information content (AvgIpc) is 2.79. The van der Waals surface area contributed by atoms with Crippen LogP contribution in [0.25, 0.3) is 0 Å². The highest BCUT2D eigenvalue weighted by Gasteiger charge is 2.28. The third kappa shape index (κ3) is 4.70. The van der Waals surface area contributed by atoms with Gasteiger partial charge in [0, 0.05) is 32.7 Å². The lowest BCUT2D eigenvalue weighted by atomic mass is 10.2. The van der Waals surface area contributed by atoms with Crippen LogP contribution in [0.5, 0.6) is 0 Å². The van der Waals surface area contributed by atoms with Gasteiger partial charge in [-0.2, -0.15) is 4.31 Å². The zero-order chi connectivity index (χ0) is 17.7. The number of benzene rings is 1. The van der Waals surface area contributed by atoms with Gasteiger partial charge in [-0.3, -0.25) is 0 Å². The number of nitrogens with zero attached hydrogens (tertiary/aromatic N) is 2. The SMILES string of the molecule is Cc1ccc(S(=O)(=O)N2CCCN(C(=O)NCC(C)C)CC2)cc1. The van der Waals surface area contributed by atoms with Crippen molar-refractivity contribution in [1.29, 1.82) is 0 Å². The van der Waals surface area contributed by atoms with Crippen molar-refractivity contribution in [1.82, 2.24) is 14.5 Å². The molecule has 1 N–H and O–H groups in total. The van der Waals surface area contributed by atoms with Gasteiger partial charge in [0.2, 0.25) is 10.0 Å². The first kappa shape index (κ1) is 18.7. The quantitative estimate of drug-likeness (QED) is 0.901. The lowest BCUT2D eigenvalue weighted by Gasteiger charge is -2.22. The summed E-state index contributed by atoms with van der Waals surface area (Å²) in [6.07, 6.45) is 0.639. The molecule has 0 saturated carbocycles. The molecule has 0 aliphatic carbocycles. The Hall–Kier alpha value is -1.60. The summed E-state index contributed by atoms with van der Waals surface area (Å²) in [5.41, 5.74) is 1.03. The lowest BCUT2D eigenvalue weighted by molar-refractivity contribution is 0.199. The average molecular weight is 353 g/mol. The topological polar surface area (TPSA) is 69.7 Å². The van der Waals surface area contributed by atoms with Crippen molar-refractivity contribution >= 4 is 16.1 Å². The molecule has 134 valence electrons. The number of carbonyl (C=O) groups is 1. The summed E-state index contributed by atoms with van der Waals surface area (Å²) in [6.45, 7) is 8.38. The smallest absolute Gasteiger partial charge is 0.317 e. The highest BCUT2D eigenvalue weighted by Crippen LogP contribution is 2.18. The Morgan fingerprint density at radius 2 is 1.79 bits per heavy atom. The molecule has 0 spiro atoms. The van der Waals surface area contributed by atoms with E-state index in [0.29, 0.717) is 50.0 Å². The highest BCUT2D eigenvalue weighted by atomic mass is 32.2. The van der Waals surface area contributed by atoms with Crippen LogP contribution >= 0.6 is 0 Å². The van der Waals surface area contributed by atoms with Gasteiger partial charge in [0.1, 0.15) is 0 Å². The van der Waals surface area contributed by atoms with E-state index >= 15 is 0 Å². The van der Waals surface area contributed by atoms with Crippen molar-refractivity contribution in [3.05, 3.63) is 29.8 Å². The minimum absolute atomic E-state index is 0.113. The second-order valence-electron chi connectivity index (χ2n) is 6.64. The van der Waals surface area contributed by atoms with Crippen molar-refractivity contribution < 1.29 is 13.2 Å². The standard InChI is InChI=1S/C17H27N3O3S/c1-14(2)13-18-17(21)19-9-4-10-20(12-11-19)24(22,23)16-7-5-15(3)6-8-16/h5-8,14H,4,9-13H2,1-3H3,(H,18,21). The van der Waals surface area contributed by atoms with Gasteiger partial charge >= 0.3 is 6.03 Å². The molecule has 0 bridgehead atoms. The number of aryl methyl sites for hydroxylation is 1. The Morgan fingerprint density at radius 1 is 1.12 bits per heavy atom. The van der Waals surface area contributed by atoms with E-state index in [1.807, 2.05) is 20.8 Å². The van der Waals surface area contributed by atoms with Gasteiger partial charge in [0.05, 0.1) is 4.90 Å². The molecule has 1 aromatic rings. The van der Waals surface area contributed by atoms with E-state index in [1.54, 1.807) is 29.2 Å². The fourth-order valence-electron chi connectivity index (χ4n) is 2.60. The van der Waals surface area contributed by atoms with Crippen LogP contribution in [0.4, 0.5) is 4.79 Å². The third-order valence-electron chi connectivity index (χ3n) is 4.06. The Bertz CT molecular complexity index is 656. The van der Waals surface area contributed by atoms with Crippen molar-refractivity contribution in [3.63, 3.8) is 0 Å². The zero-order valence-electron chi connectivity index (χ0n) is 14.7. The van der Waals surface area contributed by atoms with Crippen LogP contribution in [0.3, 0.4) is 0 Å². The van der Waals surface area contributed by atoms with Gasteiger partial charge < -0.3 is 10.2 Å². The molecule has 2 rings (SSSR count). The second kappa shape index (κ2) is 7.98. The molecule has 1 aliphatic heterocycles. The van der Waals surface area contributed by atoms with Crippen LogP contribution < -0.4 is 5.32 Å². The monoisotopic (exact) mass is 353 g/mol. The van der Waals surface area contributed by atoms with Crippen molar-refractivity contribution in [3.8, 4) is 0 Å². The summed E-state index contributed by atoms with van der Waals surface area (Å²) in [5.74, 6) is 0.388.